The molecular weight excluding hydrogens is 404 g/mol. The summed E-state index contributed by atoms with van der Waals surface area (Å²) in [6.45, 7) is 13.1. The van der Waals surface area contributed by atoms with Gasteiger partial charge in [0, 0.05) is 28.1 Å². The van der Waals surface area contributed by atoms with Gasteiger partial charge in [0.05, 0.1) is 11.4 Å². The lowest BCUT2D eigenvalue weighted by atomic mass is 9.96. The van der Waals surface area contributed by atoms with Crippen LogP contribution in [0.5, 0.6) is 0 Å². The number of aryl methyl sites for hydroxylation is 4. The van der Waals surface area contributed by atoms with Crippen molar-refractivity contribution >= 4 is 22.1 Å². The van der Waals surface area contributed by atoms with Crippen molar-refractivity contribution in [2.45, 2.75) is 48.0 Å². The zero-order chi connectivity index (χ0) is 23.3. The van der Waals surface area contributed by atoms with Crippen LogP contribution in [0.3, 0.4) is 0 Å². The van der Waals surface area contributed by atoms with Crippen LogP contribution in [0, 0.1) is 33.6 Å². The average molecular weight is 435 g/mol. The lowest BCUT2D eigenvalue weighted by Crippen LogP contribution is -1.98. The van der Waals surface area contributed by atoms with Gasteiger partial charge in [0.15, 0.2) is 0 Å². The highest BCUT2D eigenvalue weighted by molar-refractivity contribution is 6.05. The van der Waals surface area contributed by atoms with E-state index in [0.29, 0.717) is 11.6 Å². The minimum Gasteiger partial charge on any atom is -0.438 e. The smallest absolute Gasteiger partial charge is 0.227 e. The normalized spacial score (nSPS) is 11.7. The largest absolute Gasteiger partial charge is 0.438 e. The number of furan rings is 1. The van der Waals surface area contributed by atoms with Gasteiger partial charge in [-0.1, -0.05) is 31.5 Å². The topological polar surface area (TPSA) is 38.9 Å². The Kier molecular flexibility index (Phi) is 5.28. The van der Waals surface area contributed by atoms with Gasteiger partial charge in [-0.2, -0.15) is 0 Å². The van der Waals surface area contributed by atoms with Crippen molar-refractivity contribution in [1.82, 2.24) is 9.97 Å². The van der Waals surface area contributed by atoms with Gasteiger partial charge in [-0.15, -0.1) is 0 Å². The molecule has 0 N–H and O–H groups in total. The molecule has 5 aromatic rings. The van der Waals surface area contributed by atoms with Crippen molar-refractivity contribution in [3.05, 3.63) is 82.5 Å². The number of hydrogen-bond acceptors (Lipinski definition) is 3. The second kappa shape index (κ2) is 8.15. The van der Waals surface area contributed by atoms with Gasteiger partial charge in [0.2, 0.25) is 5.71 Å². The molecule has 3 heterocycles. The van der Waals surface area contributed by atoms with Crippen LogP contribution in [-0.4, -0.2) is 9.97 Å². The van der Waals surface area contributed by atoms with Gasteiger partial charge in [0.1, 0.15) is 5.58 Å². The summed E-state index contributed by atoms with van der Waals surface area (Å²) in [6, 6.07) is 17.2. The summed E-state index contributed by atoms with van der Waals surface area (Å²) in [6.07, 6.45) is 3.05. The van der Waals surface area contributed by atoms with Crippen LogP contribution in [0.4, 0.5) is 0 Å². The molecule has 0 aliphatic heterocycles. The number of aromatic nitrogens is 2. The van der Waals surface area contributed by atoms with Crippen molar-refractivity contribution in [2.75, 3.05) is 0 Å². The number of pyridine rings is 2. The van der Waals surface area contributed by atoms with Crippen LogP contribution in [0.2, 0.25) is 0 Å². The van der Waals surface area contributed by atoms with Crippen LogP contribution in [-0.2, 0) is 6.42 Å². The van der Waals surface area contributed by atoms with Crippen LogP contribution < -0.4 is 0 Å². The summed E-state index contributed by atoms with van der Waals surface area (Å²) in [5.74, 6) is 0.611. The maximum absolute atomic E-state index is 6.17. The molecule has 3 nitrogen and oxygen atoms in total. The molecule has 33 heavy (non-hydrogen) atoms. The maximum Gasteiger partial charge on any atom is 0.227 e. The number of nitrogens with zero attached hydrogens (tertiary/aromatic N) is 2. The SMILES string of the molecule is Cc1cc(C)c(-c2ccc3c(n2)oc2ccc(-c4cc(CC(C)C)c(C)cn4)cc23)c(C)c1. The Morgan fingerprint density at radius 1 is 0.788 bits per heavy atom. The zero-order valence-electron chi connectivity index (χ0n) is 20.3. The molecule has 0 aliphatic rings. The summed E-state index contributed by atoms with van der Waals surface area (Å²) < 4.78 is 6.17. The third-order valence-electron chi connectivity index (χ3n) is 6.41. The first-order valence-corrected chi connectivity index (χ1v) is 11.7. The first-order valence-electron chi connectivity index (χ1n) is 11.7. The number of benzene rings is 2. The van der Waals surface area contributed by atoms with E-state index in [2.05, 4.69) is 84.0 Å². The van der Waals surface area contributed by atoms with Crippen molar-refractivity contribution in [1.29, 1.82) is 0 Å². The highest BCUT2D eigenvalue weighted by atomic mass is 16.3. The third kappa shape index (κ3) is 3.93. The van der Waals surface area contributed by atoms with E-state index in [4.69, 9.17) is 14.4 Å². The van der Waals surface area contributed by atoms with E-state index >= 15 is 0 Å². The Morgan fingerprint density at radius 3 is 2.27 bits per heavy atom. The zero-order valence-corrected chi connectivity index (χ0v) is 20.3. The average Bonchev–Trinajstić information content (AvgIpc) is 3.11. The Labute approximate surface area is 195 Å². The van der Waals surface area contributed by atoms with Crippen LogP contribution in [0.25, 0.3) is 44.6 Å². The summed E-state index contributed by atoms with van der Waals surface area (Å²) in [5, 5.41) is 2.11. The molecule has 2 aromatic carbocycles. The first kappa shape index (κ1) is 21.4. The van der Waals surface area contributed by atoms with Gasteiger partial charge in [-0.05, 0) is 98.7 Å². The van der Waals surface area contributed by atoms with E-state index in [9.17, 15) is 0 Å². The molecule has 0 atom stereocenters. The van der Waals surface area contributed by atoms with Gasteiger partial charge < -0.3 is 4.42 Å². The Hall–Kier alpha value is -3.46. The second-order valence-corrected chi connectivity index (χ2v) is 9.73. The van der Waals surface area contributed by atoms with E-state index in [1.54, 1.807) is 0 Å². The van der Waals surface area contributed by atoms with E-state index in [1.165, 1.54) is 33.4 Å². The van der Waals surface area contributed by atoms with Gasteiger partial charge in [0.25, 0.3) is 0 Å². The van der Waals surface area contributed by atoms with Crippen molar-refractivity contribution in [3.8, 4) is 22.5 Å². The molecule has 3 heteroatoms. The molecule has 0 radical (unpaired) electrons. The molecule has 5 rings (SSSR count). The van der Waals surface area contributed by atoms with Crippen LogP contribution >= 0.6 is 0 Å². The summed E-state index contributed by atoms with van der Waals surface area (Å²) in [7, 11) is 0. The maximum atomic E-state index is 6.17. The van der Waals surface area contributed by atoms with E-state index < -0.39 is 0 Å². The minimum atomic E-state index is 0.611. The quantitative estimate of drug-likeness (QED) is 0.286. The molecule has 0 saturated carbocycles. The van der Waals surface area contributed by atoms with E-state index in [-0.39, 0.29) is 0 Å². The lowest BCUT2D eigenvalue weighted by Gasteiger charge is -2.11. The third-order valence-corrected chi connectivity index (χ3v) is 6.41. The number of rotatable bonds is 4. The van der Waals surface area contributed by atoms with Crippen molar-refractivity contribution in [2.24, 2.45) is 5.92 Å². The minimum absolute atomic E-state index is 0.611. The van der Waals surface area contributed by atoms with Crippen molar-refractivity contribution < 1.29 is 4.42 Å². The first-order chi connectivity index (χ1) is 15.8. The predicted octanol–water partition coefficient (Wildman–Crippen LogP) is 8.14. The van der Waals surface area contributed by atoms with Gasteiger partial charge in [-0.3, -0.25) is 4.98 Å². The van der Waals surface area contributed by atoms with Gasteiger partial charge >= 0.3 is 0 Å². The predicted molar refractivity (Wildman–Crippen MR) is 138 cm³/mol. The van der Waals surface area contributed by atoms with Crippen molar-refractivity contribution in [3.63, 3.8) is 0 Å². The Morgan fingerprint density at radius 2 is 1.55 bits per heavy atom. The summed E-state index contributed by atoms with van der Waals surface area (Å²) in [5.41, 5.74) is 12.1. The molecule has 0 aliphatic carbocycles. The highest BCUT2D eigenvalue weighted by Gasteiger charge is 2.14. The summed E-state index contributed by atoms with van der Waals surface area (Å²) in [4.78, 5) is 9.63. The Bertz CT molecular complexity index is 1480. The van der Waals surface area contributed by atoms with E-state index in [0.717, 1.165) is 39.7 Å². The fourth-order valence-electron chi connectivity index (χ4n) is 4.92. The fraction of sp³-hybridized carbons (Fsp3) is 0.267. The lowest BCUT2D eigenvalue weighted by molar-refractivity contribution is 0.644. The summed E-state index contributed by atoms with van der Waals surface area (Å²) >= 11 is 0. The molecule has 0 spiro atoms. The fourth-order valence-corrected chi connectivity index (χ4v) is 4.92. The highest BCUT2D eigenvalue weighted by Crippen LogP contribution is 2.34. The number of hydrogen-bond donors (Lipinski definition) is 0. The molecule has 0 saturated heterocycles. The molecule has 0 bridgehead atoms. The monoisotopic (exact) mass is 434 g/mol. The molecule has 166 valence electrons. The van der Waals surface area contributed by atoms with Gasteiger partial charge in [-0.25, -0.2) is 4.98 Å². The van der Waals surface area contributed by atoms with Crippen LogP contribution in [0.1, 0.15) is 41.7 Å². The Balaban J connectivity index is 1.61. The van der Waals surface area contributed by atoms with E-state index in [1.807, 2.05) is 12.3 Å². The molecule has 0 amide bonds. The molecule has 0 fully saturated rings. The molecular formula is C30H30N2O. The molecule has 0 unspecified atom stereocenters. The second-order valence-electron chi connectivity index (χ2n) is 9.73. The number of fused-ring (bicyclic) bond motifs is 3. The molecule has 3 aromatic heterocycles. The van der Waals surface area contributed by atoms with Crippen LogP contribution in [0.15, 0.2) is 59.1 Å². The standard InChI is InChI=1S/C30H30N2O/c1-17(2)11-23-15-27(31-16-21(23)6)22-7-10-28-25(14-22)24-8-9-26(32-30(24)33-28)29-19(4)12-18(3)13-20(29)5/h7-10,12-17H,11H2,1-6H3.